The minimum Gasteiger partial charge on any atom is -0.339 e. The SMILES string of the molecule is CCC(C)(C)N(C)C(=O)C(C)(N)C(F)(F)F. The van der Waals surface area contributed by atoms with E-state index in [4.69, 9.17) is 5.73 Å². The van der Waals surface area contributed by atoms with Crippen LogP contribution in [0, 0.1) is 0 Å². The lowest BCUT2D eigenvalue weighted by Crippen LogP contribution is -2.64. The number of amides is 1. The van der Waals surface area contributed by atoms with Crippen LogP contribution in [0.1, 0.15) is 34.1 Å². The number of carbonyl (C=O) groups is 1. The van der Waals surface area contributed by atoms with Gasteiger partial charge in [-0.15, -0.1) is 0 Å². The van der Waals surface area contributed by atoms with E-state index in [9.17, 15) is 18.0 Å². The molecule has 6 heteroatoms. The molecule has 2 N–H and O–H groups in total. The molecule has 0 aromatic heterocycles. The number of halogens is 3. The largest absolute Gasteiger partial charge is 0.415 e. The Morgan fingerprint density at radius 1 is 1.25 bits per heavy atom. The average Bonchev–Trinajstić information content (AvgIpc) is 2.13. The van der Waals surface area contributed by atoms with Crippen molar-refractivity contribution in [1.29, 1.82) is 0 Å². The Morgan fingerprint density at radius 2 is 1.62 bits per heavy atom. The number of rotatable bonds is 3. The van der Waals surface area contributed by atoms with Gasteiger partial charge in [0, 0.05) is 12.6 Å². The second kappa shape index (κ2) is 4.24. The minimum atomic E-state index is -4.75. The molecule has 0 saturated heterocycles. The highest BCUT2D eigenvalue weighted by Gasteiger charge is 2.56. The van der Waals surface area contributed by atoms with Crippen molar-refractivity contribution >= 4 is 5.91 Å². The van der Waals surface area contributed by atoms with Crippen molar-refractivity contribution in [2.45, 2.75) is 51.4 Å². The monoisotopic (exact) mass is 240 g/mol. The van der Waals surface area contributed by atoms with Crippen molar-refractivity contribution in [3.8, 4) is 0 Å². The van der Waals surface area contributed by atoms with Gasteiger partial charge in [0.15, 0.2) is 5.54 Å². The number of hydrogen-bond acceptors (Lipinski definition) is 2. The molecule has 0 radical (unpaired) electrons. The highest BCUT2D eigenvalue weighted by molar-refractivity contribution is 5.87. The zero-order valence-electron chi connectivity index (χ0n) is 10.3. The van der Waals surface area contributed by atoms with E-state index in [1.54, 1.807) is 20.8 Å². The van der Waals surface area contributed by atoms with E-state index in [1.807, 2.05) is 0 Å². The Bertz CT molecular complexity index is 272. The molecular formula is C10H19F3N2O. The Balaban J connectivity index is 5.09. The van der Waals surface area contributed by atoms with Gasteiger partial charge in [0.2, 0.25) is 0 Å². The maximum absolute atomic E-state index is 12.6. The fourth-order valence-electron chi connectivity index (χ4n) is 0.982. The molecule has 0 aliphatic carbocycles. The minimum absolute atomic E-state index is 0.545. The lowest BCUT2D eigenvalue weighted by atomic mass is 9.94. The van der Waals surface area contributed by atoms with Crippen LogP contribution in [0.4, 0.5) is 13.2 Å². The number of hydrogen-bond donors (Lipinski definition) is 1. The quantitative estimate of drug-likeness (QED) is 0.819. The Kier molecular flexibility index (Phi) is 4.03. The zero-order valence-corrected chi connectivity index (χ0v) is 10.3. The number of nitrogens with two attached hydrogens (primary N) is 1. The third-order valence-electron chi connectivity index (χ3n) is 3.11. The van der Waals surface area contributed by atoms with Crippen molar-refractivity contribution in [2.75, 3.05) is 7.05 Å². The van der Waals surface area contributed by atoms with E-state index in [1.165, 1.54) is 7.05 Å². The molecule has 3 nitrogen and oxygen atoms in total. The molecule has 0 bridgehead atoms. The van der Waals surface area contributed by atoms with E-state index in [-0.39, 0.29) is 0 Å². The van der Waals surface area contributed by atoms with Crippen LogP contribution in [0.2, 0.25) is 0 Å². The molecular weight excluding hydrogens is 221 g/mol. The summed E-state index contributed by atoms with van der Waals surface area (Å²) < 4.78 is 37.7. The molecule has 0 aliphatic rings. The van der Waals surface area contributed by atoms with Crippen LogP contribution in [0.5, 0.6) is 0 Å². The highest BCUT2D eigenvalue weighted by Crippen LogP contribution is 2.31. The van der Waals surface area contributed by atoms with Crippen molar-refractivity contribution in [2.24, 2.45) is 5.73 Å². The van der Waals surface area contributed by atoms with Crippen LogP contribution in [0.3, 0.4) is 0 Å². The fraction of sp³-hybridized carbons (Fsp3) is 0.900. The number of alkyl halides is 3. The lowest BCUT2D eigenvalue weighted by molar-refractivity contribution is -0.195. The van der Waals surface area contributed by atoms with E-state index >= 15 is 0 Å². The molecule has 0 saturated carbocycles. The van der Waals surface area contributed by atoms with Crippen LogP contribution >= 0.6 is 0 Å². The summed E-state index contributed by atoms with van der Waals surface area (Å²) in [6.45, 7) is 5.87. The summed E-state index contributed by atoms with van der Waals surface area (Å²) in [5.74, 6) is -1.12. The van der Waals surface area contributed by atoms with Crippen LogP contribution in [-0.4, -0.2) is 35.1 Å². The lowest BCUT2D eigenvalue weighted by Gasteiger charge is -2.40. The summed E-state index contributed by atoms with van der Waals surface area (Å²) in [7, 11) is 1.34. The van der Waals surface area contributed by atoms with E-state index in [0.717, 1.165) is 4.90 Å². The molecule has 1 amide bonds. The average molecular weight is 240 g/mol. The second-order valence-corrected chi connectivity index (χ2v) is 4.73. The van der Waals surface area contributed by atoms with Gasteiger partial charge in [-0.25, -0.2) is 0 Å². The molecule has 1 unspecified atom stereocenters. The summed E-state index contributed by atoms with van der Waals surface area (Å²) >= 11 is 0. The Morgan fingerprint density at radius 3 is 1.88 bits per heavy atom. The standard InChI is InChI=1S/C10H19F3N2O/c1-6-8(2,3)15(5)7(16)9(4,14)10(11,12)13/h6,14H2,1-5H3. The molecule has 0 heterocycles. The van der Waals surface area contributed by atoms with Crippen molar-refractivity contribution in [1.82, 2.24) is 4.90 Å². The van der Waals surface area contributed by atoms with Gasteiger partial charge in [0.25, 0.3) is 5.91 Å². The second-order valence-electron chi connectivity index (χ2n) is 4.73. The van der Waals surface area contributed by atoms with Gasteiger partial charge >= 0.3 is 6.18 Å². The first kappa shape index (κ1) is 15.2. The first-order valence-electron chi connectivity index (χ1n) is 5.01. The van der Waals surface area contributed by atoms with E-state index in [0.29, 0.717) is 13.3 Å². The molecule has 0 aromatic carbocycles. The summed E-state index contributed by atoms with van der Waals surface area (Å²) in [6.07, 6.45) is -4.20. The first-order chi connectivity index (χ1) is 6.88. The van der Waals surface area contributed by atoms with Gasteiger partial charge in [-0.1, -0.05) is 6.92 Å². The van der Waals surface area contributed by atoms with Gasteiger partial charge in [-0.3, -0.25) is 4.79 Å². The summed E-state index contributed by atoms with van der Waals surface area (Å²) in [6, 6.07) is 0. The fourth-order valence-corrected chi connectivity index (χ4v) is 0.982. The van der Waals surface area contributed by atoms with Crippen molar-refractivity contribution < 1.29 is 18.0 Å². The van der Waals surface area contributed by atoms with E-state index < -0.39 is 23.2 Å². The molecule has 1 atom stereocenters. The van der Waals surface area contributed by atoms with Gasteiger partial charge in [-0.05, 0) is 27.2 Å². The molecule has 0 rings (SSSR count). The normalized spacial score (nSPS) is 16.8. The predicted molar refractivity (Wildman–Crippen MR) is 55.8 cm³/mol. The molecule has 96 valence electrons. The van der Waals surface area contributed by atoms with Crippen LogP contribution < -0.4 is 5.73 Å². The van der Waals surface area contributed by atoms with E-state index in [2.05, 4.69) is 0 Å². The predicted octanol–water partition coefficient (Wildman–Crippen LogP) is 1.91. The summed E-state index contributed by atoms with van der Waals surface area (Å²) in [5.41, 5.74) is 1.58. The maximum Gasteiger partial charge on any atom is 0.415 e. The van der Waals surface area contributed by atoms with Gasteiger partial charge < -0.3 is 10.6 Å². The first-order valence-corrected chi connectivity index (χ1v) is 5.01. The number of likely N-dealkylation sites (N-methyl/N-ethyl adjacent to an activating group) is 1. The third kappa shape index (κ3) is 2.66. The molecule has 0 aromatic rings. The third-order valence-corrected chi connectivity index (χ3v) is 3.11. The smallest absolute Gasteiger partial charge is 0.339 e. The molecule has 16 heavy (non-hydrogen) atoms. The van der Waals surface area contributed by atoms with Crippen LogP contribution in [0.15, 0.2) is 0 Å². The molecule has 0 fully saturated rings. The molecule has 0 spiro atoms. The van der Waals surface area contributed by atoms with Crippen molar-refractivity contribution in [3.05, 3.63) is 0 Å². The van der Waals surface area contributed by atoms with Crippen LogP contribution in [-0.2, 0) is 4.79 Å². The van der Waals surface area contributed by atoms with Crippen LogP contribution in [0.25, 0.3) is 0 Å². The number of carbonyl (C=O) groups excluding carboxylic acids is 1. The summed E-state index contributed by atoms with van der Waals surface area (Å²) in [4.78, 5) is 12.8. The van der Waals surface area contributed by atoms with Gasteiger partial charge in [0.05, 0.1) is 0 Å². The Labute approximate surface area is 93.8 Å². The highest BCUT2D eigenvalue weighted by atomic mass is 19.4. The maximum atomic E-state index is 12.6. The zero-order chi connectivity index (χ0) is 13.4. The Hall–Kier alpha value is -0.780. The molecule has 0 aliphatic heterocycles. The topological polar surface area (TPSA) is 46.3 Å². The van der Waals surface area contributed by atoms with Gasteiger partial charge in [0.1, 0.15) is 0 Å². The van der Waals surface area contributed by atoms with Crippen molar-refractivity contribution in [3.63, 3.8) is 0 Å². The summed E-state index contributed by atoms with van der Waals surface area (Å²) in [5, 5.41) is 0. The number of nitrogens with zero attached hydrogens (tertiary/aromatic N) is 1. The van der Waals surface area contributed by atoms with Gasteiger partial charge in [-0.2, -0.15) is 13.2 Å².